The van der Waals surface area contributed by atoms with E-state index in [4.69, 9.17) is 27.9 Å². The Labute approximate surface area is 130 Å². The highest BCUT2D eigenvalue weighted by atomic mass is 35.5. The van der Waals surface area contributed by atoms with Gasteiger partial charge in [-0.1, -0.05) is 29.3 Å². The number of ether oxygens (including phenoxy) is 1. The fourth-order valence-corrected chi connectivity index (χ4v) is 1.76. The zero-order valence-corrected chi connectivity index (χ0v) is 12.2. The molecule has 0 saturated heterocycles. The van der Waals surface area contributed by atoms with Crippen LogP contribution in [0.4, 0.5) is 5.69 Å². The number of rotatable bonds is 4. The quantitative estimate of drug-likeness (QED) is 0.877. The first-order chi connectivity index (χ1) is 10.1. The van der Waals surface area contributed by atoms with Gasteiger partial charge in [0.1, 0.15) is 5.69 Å². The van der Waals surface area contributed by atoms with Gasteiger partial charge in [0.25, 0.3) is 5.91 Å². The molecule has 0 unspecified atom stereocenters. The summed E-state index contributed by atoms with van der Waals surface area (Å²) in [7, 11) is 0. The molecule has 0 radical (unpaired) electrons. The molecule has 0 bridgehead atoms. The standard InChI is InChI=1S/C14H10Cl2N2O3/c15-10-5-4-9(7-11(10)16)18-13(19)8-21-14(20)12-3-1-2-6-17-12/h1-7H,8H2,(H,18,19). The molecule has 1 heterocycles. The third-order valence-electron chi connectivity index (χ3n) is 2.41. The molecule has 1 aromatic heterocycles. The molecule has 0 aliphatic carbocycles. The monoisotopic (exact) mass is 324 g/mol. The Hall–Kier alpha value is -2.11. The summed E-state index contributed by atoms with van der Waals surface area (Å²) in [6.45, 7) is -0.421. The normalized spacial score (nSPS) is 10.0. The average Bonchev–Trinajstić information content (AvgIpc) is 2.49. The highest BCUT2D eigenvalue weighted by molar-refractivity contribution is 6.42. The summed E-state index contributed by atoms with van der Waals surface area (Å²) in [5.41, 5.74) is 0.600. The van der Waals surface area contributed by atoms with Gasteiger partial charge in [-0.15, -0.1) is 0 Å². The fourth-order valence-electron chi connectivity index (χ4n) is 1.46. The third-order valence-corrected chi connectivity index (χ3v) is 3.15. The zero-order chi connectivity index (χ0) is 15.2. The number of benzene rings is 1. The number of pyridine rings is 1. The van der Waals surface area contributed by atoms with Gasteiger partial charge in [-0.3, -0.25) is 4.79 Å². The smallest absolute Gasteiger partial charge is 0.357 e. The van der Waals surface area contributed by atoms with Crippen LogP contribution < -0.4 is 5.32 Å². The molecule has 1 N–H and O–H groups in total. The largest absolute Gasteiger partial charge is 0.451 e. The van der Waals surface area contributed by atoms with E-state index in [0.29, 0.717) is 15.7 Å². The van der Waals surface area contributed by atoms with Crippen molar-refractivity contribution < 1.29 is 14.3 Å². The summed E-state index contributed by atoms with van der Waals surface area (Å²) in [6, 6.07) is 9.47. The van der Waals surface area contributed by atoms with Gasteiger partial charge < -0.3 is 10.1 Å². The van der Waals surface area contributed by atoms with E-state index in [1.54, 1.807) is 24.3 Å². The number of hydrogen-bond acceptors (Lipinski definition) is 4. The minimum Gasteiger partial charge on any atom is -0.451 e. The Bertz CT molecular complexity index is 663. The van der Waals surface area contributed by atoms with Crippen LogP contribution in [0.15, 0.2) is 42.6 Å². The van der Waals surface area contributed by atoms with Crippen LogP contribution in [0.1, 0.15) is 10.5 Å². The molecule has 0 aliphatic heterocycles. The molecule has 0 aliphatic rings. The summed E-state index contributed by atoms with van der Waals surface area (Å²) in [5, 5.41) is 3.24. The van der Waals surface area contributed by atoms with E-state index in [-0.39, 0.29) is 5.69 Å². The minimum absolute atomic E-state index is 0.139. The molecule has 1 aromatic carbocycles. The van der Waals surface area contributed by atoms with Crippen molar-refractivity contribution in [1.29, 1.82) is 0 Å². The van der Waals surface area contributed by atoms with Crippen LogP contribution in [0, 0.1) is 0 Å². The van der Waals surface area contributed by atoms with Crippen LogP contribution in [0.3, 0.4) is 0 Å². The van der Waals surface area contributed by atoms with Crippen LogP contribution in [0.25, 0.3) is 0 Å². The molecule has 0 fully saturated rings. The van der Waals surface area contributed by atoms with Gasteiger partial charge >= 0.3 is 5.97 Å². The van der Waals surface area contributed by atoms with Crippen molar-refractivity contribution in [3.05, 3.63) is 58.3 Å². The van der Waals surface area contributed by atoms with Gasteiger partial charge in [-0.05, 0) is 30.3 Å². The molecule has 0 saturated carbocycles. The minimum atomic E-state index is -0.667. The number of nitrogens with zero attached hydrogens (tertiary/aromatic N) is 1. The summed E-state index contributed by atoms with van der Waals surface area (Å²) >= 11 is 11.6. The van der Waals surface area contributed by atoms with Gasteiger partial charge in [0.05, 0.1) is 10.0 Å². The Morgan fingerprint density at radius 2 is 1.95 bits per heavy atom. The molecule has 2 rings (SSSR count). The first-order valence-corrected chi connectivity index (χ1v) is 6.65. The first-order valence-electron chi connectivity index (χ1n) is 5.89. The van der Waals surface area contributed by atoms with Crippen LogP contribution >= 0.6 is 23.2 Å². The number of halogens is 2. The van der Waals surface area contributed by atoms with Crippen molar-refractivity contribution in [2.75, 3.05) is 11.9 Å². The number of esters is 1. The number of nitrogens with one attached hydrogen (secondary N) is 1. The van der Waals surface area contributed by atoms with Crippen LogP contribution in [0.5, 0.6) is 0 Å². The van der Waals surface area contributed by atoms with E-state index in [1.807, 2.05) is 0 Å². The third kappa shape index (κ3) is 4.44. The van der Waals surface area contributed by atoms with E-state index in [9.17, 15) is 9.59 Å². The lowest BCUT2D eigenvalue weighted by Crippen LogP contribution is -2.21. The van der Waals surface area contributed by atoms with Crippen LogP contribution in [-0.2, 0) is 9.53 Å². The second-order valence-electron chi connectivity index (χ2n) is 3.97. The van der Waals surface area contributed by atoms with Gasteiger partial charge in [0.2, 0.25) is 0 Å². The van der Waals surface area contributed by atoms with Crippen LogP contribution in [0.2, 0.25) is 10.0 Å². The molecule has 2 aromatic rings. The number of anilines is 1. The zero-order valence-electron chi connectivity index (χ0n) is 10.7. The molecule has 7 heteroatoms. The van der Waals surface area contributed by atoms with Crippen molar-refractivity contribution in [2.45, 2.75) is 0 Å². The average molecular weight is 325 g/mol. The van der Waals surface area contributed by atoms with E-state index in [2.05, 4.69) is 10.3 Å². The molecule has 108 valence electrons. The molecular weight excluding hydrogens is 315 g/mol. The maximum Gasteiger partial charge on any atom is 0.357 e. The number of aromatic nitrogens is 1. The van der Waals surface area contributed by atoms with Crippen molar-refractivity contribution in [3.8, 4) is 0 Å². The summed E-state index contributed by atoms with van der Waals surface area (Å²) in [6.07, 6.45) is 1.46. The predicted molar refractivity (Wildman–Crippen MR) is 79.6 cm³/mol. The maximum atomic E-state index is 11.7. The first kappa shape index (κ1) is 15.3. The van der Waals surface area contributed by atoms with Crippen molar-refractivity contribution >= 4 is 40.8 Å². The van der Waals surface area contributed by atoms with Crippen LogP contribution in [-0.4, -0.2) is 23.5 Å². The second-order valence-corrected chi connectivity index (χ2v) is 4.78. The lowest BCUT2D eigenvalue weighted by molar-refractivity contribution is -0.119. The number of hydrogen-bond donors (Lipinski definition) is 1. The van der Waals surface area contributed by atoms with E-state index < -0.39 is 18.5 Å². The Balaban J connectivity index is 1.87. The van der Waals surface area contributed by atoms with Crippen molar-refractivity contribution in [1.82, 2.24) is 4.98 Å². The Morgan fingerprint density at radius 3 is 2.62 bits per heavy atom. The van der Waals surface area contributed by atoms with E-state index in [0.717, 1.165) is 0 Å². The van der Waals surface area contributed by atoms with E-state index in [1.165, 1.54) is 18.3 Å². The topological polar surface area (TPSA) is 68.3 Å². The number of amides is 1. The van der Waals surface area contributed by atoms with Crippen molar-refractivity contribution in [2.24, 2.45) is 0 Å². The summed E-state index contributed by atoms with van der Waals surface area (Å²) < 4.78 is 4.84. The molecule has 21 heavy (non-hydrogen) atoms. The van der Waals surface area contributed by atoms with E-state index >= 15 is 0 Å². The molecule has 1 amide bonds. The number of carbonyl (C=O) groups is 2. The predicted octanol–water partition coefficient (Wildman–Crippen LogP) is 3.18. The lowest BCUT2D eigenvalue weighted by atomic mass is 10.3. The molecule has 0 spiro atoms. The molecule has 0 atom stereocenters. The molecular formula is C14H10Cl2N2O3. The second kappa shape index (κ2) is 7.06. The van der Waals surface area contributed by atoms with Gasteiger partial charge in [-0.2, -0.15) is 0 Å². The summed E-state index contributed by atoms with van der Waals surface area (Å²) in [5.74, 6) is -1.16. The maximum absolute atomic E-state index is 11.7. The van der Waals surface area contributed by atoms with Gasteiger partial charge in [0, 0.05) is 11.9 Å². The highest BCUT2D eigenvalue weighted by Crippen LogP contribution is 2.24. The highest BCUT2D eigenvalue weighted by Gasteiger charge is 2.11. The lowest BCUT2D eigenvalue weighted by Gasteiger charge is -2.07. The SMILES string of the molecule is O=C(COC(=O)c1ccccn1)Nc1ccc(Cl)c(Cl)c1. The fraction of sp³-hybridized carbons (Fsp3) is 0.0714. The van der Waals surface area contributed by atoms with Gasteiger partial charge in [-0.25, -0.2) is 9.78 Å². The summed E-state index contributed by atoms with van der Waals surface area (Å²) in [4.78, 5) is 27.1. The number of carbonyl (C=O) groups excluding carboxylic acids is 2. The Kier molecular flexibility index (Phi) is 5.14. The Morgan fingerprint density at radius 1 is 1.14 bits per heavy atom. The molecule has 5 nitrogen and oxygen atoms in total. The van der Waals surface area contributed by atoms with Gasteiger partial charge in [0.15, 0.2) is 6.61 Å². The van der Waals surface area contributed by atoms with Crippen molar-refractivity contribution in [3.63, 3.8) is 0 Å².